The summed E-state index contributed by atoms with van der Waals surface area (Å²) in [7, 11) is 0. The van der Waals surface area contributed by atoms with Crippen LogP contribution in [0, 0.1) is 17.8 Å². The summed E-state index contributed by atoms with van der Waals surface area (Å²) in [6, 6.07) is 7.33. The van der Waals surface area contributed by atoms with Crippen molar-refractivity contribution in [2.24, 2.45) is 17.8 Å². The normalized spacial score (nSPS) is 29.5. The standard InChI is InChI=1S/C15H16O2/c16-9-11-2-5-15(6-3-11)17-10-14-8-12-1-4-13(14)7-12/h1-6,9,12-14H,7-8,10H2. The Morgan fingerprint density at radius 2 is 2.00 bits per heavy atom. The Labute approximate surface area is 101 Å². The Hall–Kier alpha value is -1.57. The largest absolute Gasteiger partial charge is 0.493 e. The second kappa shape index (κ2) is 4.36. The van der Waals surface area contributed by atoms with Gasteiger partial charge in [0.2, 0.25) is 0 Å². The Morgan fingerprint density at radius 3 is 2.59 bits per heavy atom. The van der Waals surface area contributed by atoms with Crippen LogP contribution < -0.4 is 4.74 Å². The summed E-state index contributed by atoms with van der Waals surface area (Å²) in [5, 5.41) is 0. The first-order valence-corrected chi connectivity index (χ1v) is 6.21. The van der Waals surface area contributed by atoms with Gasteiger partial charge in [0.25, 0.3) is 0 Å². The summed E-state index contributed by atoms with van der Waals surface area (Å²) in [5.74, 6) is 3.07. The molecule has 3 atom stereocenters. The van der Waals surface area contributed by atoms with Crippen LogP contribution in [0.3, 0.4) is 0 Å². The van der Waals surface area contributed by atoms with Crippen molar-refractivity contribution in [1.29, 1.82) is 0 Å². The molecule has 0 heterocycles. The Kier molecular flexibility index (Phi) is 2.71. The van der Waals surface area contributed by atoms with Gasteiger partial charge in [-0.3, -0.25) is 4.79 Å². The highest BCUT2D eigenvalue weighted by Gasteiger charge is 2.35. The molecule has 1 fully saturated rings. The Morgan fingerprint density at radius 1 is 1.18 bits per heavy atom. The van der Waals surface area contributed by atoms with E-state index in [9.17, 15) is 4.79 Å². The molecule has 0 aliphatic heterocycles. The van der Waals surface area contributed by atoms with Gasteiger partial charge >= 0.3 is 0 Å². The summed E-state index contributed by atoms with van der Waals surface area (Å²) < 4.78 is 5.79. The number of benzene rings is 1. The van der Waals surface area contributed by atoms with Crippen LogP contribution in [0.4, 0.5) is 0 Å². The van der Waals surface area contributed by atoms with Gasteiger partial charge < -0.3 is 4.74 Å². The van der Waals surface area contributed by atoms with Crippen LogP contribution in [0.5, 0.6) is 5.75 Å². The van der Waals surface area contributed by atoms with Crippen LogP contribution in [0.25, 0.3) is 0 Å². The number of hydrogen-bond acceptors (Lipinski definition) is 2. The highest BCUT2D eigenvalue weighted by atomic mass is 16.5. The molecule has 0 radical (unpaired) electrons. The minimum Gasteiger partial charge on any atom is -0.493 e. The third kappa shape index (κ3) is 2.12. The van der Waals surface area contributed by atoms with Crippen molar-refractivity contribution in [3.63, 3.8) is 0 Å². The zero-order valence-corrected chi connectivity index (χ0v) is 9.71. The Bertz CT molecular complexity index is 433. The zero-order chi connectivity index (χ0) is 11.7. The second-order valence-electron chi connectivity index (χ2n) is 5.04. The van der Waals surface area contributed by atoms with E-state index >= 15 is 0 Å². The first kappa shape index (κ1) is 10.6. The van der Waals surface area contributed by atoms with E-state index in [0.29, 0.717) is 11.5 Å². The lowest BCUT2D eigenvalue weighted by Crippen LogP contribution is -2.16. The van der Waals surface area contributed by atoms with Crippen molar-refractivity contribution in [2.75, 3.05) is 6.61 Å². The summed E-state index contributed by atoms with van der Waals surface area (Å²) in [6.07, 6.45) is 8.13. The molecular weight excluding hydrogens is 212 g/mol. The third-order valence-corrected chi connectivity index (χ3v) is 3.90. The molecule has 3 rings (SSSR count). The molecule has 2 nitrogen and oxygen atoms in total. The third-order valence-electron chi connectivity index (χ3n) is 3.90. The van der Waals surface area contributed by atoms with Crippen molar-refractivity contribution < 1.29 is 9.53 Å². The van der Waals surface area contributed by atoms with Crippen LogP contribution in [0.1, 0.15) is 23.2 Å². The van der Waals surface area contributed by atoms with Crippen molar-refractivity contribution >= 4 is 6.29 Å². The van der Waals surface area contributed by atoms with Crippen LogP contribution >= 0.6 is 0 Å². The number of hydrogen-bond donors (Lipinski definition) is 0. The lowest BCUT2D eigenvalue weighted by atomic mass is 9.95. The van der Waals surface area contributed by atoms with Crippen LogP contribution in [-0.2, 0) is 0 Å². The molecule has 0 aromatic heterocycles. The van der Waals surface area contributed by atoms with Crippen molar-refractivity contribution in [3.05, 3.63) is 42.0 Å². The highest BCUT2D eigenvalue weighted by molar-refractivity contribution is 5.74. The fourth-order valence-corrected chi connectivity index (χ4v) is 2.93. The van der Waals surface area contributed by atoms with Gasteiger partial charge in [0.15, 0.2) is 0 Å². The molecule has 17 heavy (non-hydrogen) atoms. The molecule has 1 aromatic rings. The Balaban J connectivity index is 1.57. The van der Waals surface area contributed by atoms with Crippen molar-refractivity contribution in [1.82, 2.24) is 0 Å². The number of fused-ring (bicyclic) bond motifs is 2. The molecule has 0 saturated heterocycles. The number of rotatable bonds is 4. The number of carbonyl (C=O) groups excluding carboxylic acids is 1. The maximum atomic E-state index is 10.5. The topological polar surface area (TPSA) is 26.3 Å². The predicted molar refractivity (Wildman–Crippen MR) is 66.2 cm³/mol. The number of carbonyl (C=O) groups is 1. The molecule has 1 saturated carbocycles. The van der Waals surface area contributed by atoms with E-state index in [1.807, 2.05) is 12.1 Å². The van der Waals surface area contributed by atoms with E-state index in [0.717, 1.165) is 30.5 Å². The van der Waals surface area contributed by atoms with Gasteiger partial charge in [0.05, 0.1) is 6.61 Å². The van der Waals surface area contributed by atoms with E-state index in [1.54, 1.807) is 12.1 Å². The first-order chi connectivity index (χ1) is 8.35. The van der Waals surface area contributed by atoms with Crippen molar-refractivity contribution in [3.8, 4) is 5.75 Å². The molecule has 2 heteroatoms. The minimum atomic E-state index is 0.677. The molecule has 3 unspecified atom stereocenters. The van der Waals surface area contributed by atoms with Gasteiger partial charge in [0.1, 0.15) is 12.0 Å². The average molecular weight is 228 g/mol. The van der Waals surface area contributed by atoms with Gasteiger partial charge in [-0.15, -0.1) is 0 Å². The molecule has 2 bridgehead atoms. The smallest absolute Gasteiger partial charge is 0.150 e. The molecule has 2 aliphatic carbocycles. The lowest BCUT2D eigenvalue weighted by molar-refractivity contribution is 0.112. The average Bonchev–Trinajstić information content (AvgIpc) is 2.99. The van der Waals surface area contributed by atoms with Crippen LogP contribution in [0.15, 0.2) is 36.4 Å². The molecule has 88 valence electrons. The van der Waals surface area contributed by atoms with Crippen LogP contribution in [0.2, 0.25) is 0 Å². The number of ether oxygens (including phenoxy) is 1. The molecule has 0 amide bonds. The fourth-order valence-electron chi connectivity index (χ4n) is 2.93. The summed E-state index contributed by atoms with van der Waals surface area (Å²) >= 11 is 0. The van der Waals surface area contributed by atoms with Gasteiger partial charge in [-0.05, 0) is 54.9 Å². The quantitative estimate of drug-likeness (QED) is 0.584. The molecule has 0 N–H and O–H groups in total. The molecule has 1 aromatic carbocycles. The van der Waals surface area contributed by atoms with E-state index in [4.69, 9.17) is 4.74 Å². The lowest BCUT2D eigenvalue weighted by Gasteiger charge is -2.18. The maximum absolute atomic E-state index is 10.5. The summed E-state index contributed by atoms with van der Waals surface area (Å²) in [6.45, 7) is 0.798. The molecule has 0 spiro atoms. The minimum absolute atomic E-state index is 0.677. The SMILES string of the molecule is O=Cc1ccc(OCC2CC3C=CC2C3)cc1. The molecular formula is C15H16O2. The highest BCUT2D eigenvalue weighted by Crippen LogP contribution is 2.43. The number of allylic oxidation sites excluding steroid dienone is 2. The van der Waals surface area contributed by atoms with Gasteiger partial charge in [-0.1, -0.05) is 12.2 Å². The zero-order valence-electron chi connectivity index (χ0n) is 9.71. The van der Waals surface area contributed by atoms with Gasteiger partial charge in [0, 0.05) is 5.56 Å². The van der Waals surface area contributed by atoms with E-state index in [-0.39, 0.29) is 0 Å². The predicted octanol–water partition coefficient (Wildman–Crippen LogP) is 3.09. The van der Waals surface area contributed by atoms with E-state index in [2.05, 4.69) is 12.2 Å². The first-order valence-electron chi connectivity index (χ1n) is 6.21. The van der Waals surface area contributed by atoms with Gasteiger partial charge in [-0.2, -0.15) is 0 Å². The van der Waals surface area contributed by atoms with Crippen LogP contribution in [-0.4, -0.2) is 12.9 Å². The van der Waals surface area contributed by atoms with Crippen molar-refractivity contribution in [2.45, 2.75) is 12.8 Å². The fraction of sp³-hybridized carbons (Fsp3) is 0.400. The van der Waals surface area contributed by atoms with Gasteiger partial charge in [-0.25, -0.2) is 0 Å². The maximum Gasteiger partial charge on any atom is 0.150 e. The number of aldehydes is 1. The van der Waals surface area contributed by atoms with E-state index in [1.165, 1.54) is 12.8 Å². The van der Waals surface area contributed by atoms with E-state index < -0.39 is 0 Å². The monoisotopic (exact) mass is 228 g/mol. The second-order valence-corrected chi connectivity index (χ2v) is 5.04. The summed E-state index contributed by atoms with van der Waals surface area (Å²) in [4.78, 5) is 10.5. The molecule has 2 aliphatic rings. The summed E-state index contributed by atoms with van der Waals surface area (Å²) in [5.41, 5.74) is 0.695.